The Bertz CT molecular complexity index is 870. The number of carboxylic acid groups (broad SMARTS) is 1. The van der Waals surface area contributed by atoms with E-state index in [9.17, 15) is 14.7 Å². The highest BCUT2D eigenvalue weighted by atomic mass is 35.5. The minimum atomic E-state index is -0.905. The van der Waals surface area contributed by atoms with Gasteiger partial charge in [0.25, 0.3) is 5.91 Å². The van der Waals surface area contributed by atoms with Gasteiger partial charge in [-0.25, -0.2) is 0 Å². The second-order valence-electron chi connectivity index (χ2n) is 6.36. The second kappa shape index (κ2) is 6.53. The maximum Gasteiger partial charge on any atom is 0.308 e. The molecular formula is C19H16ClNO5. The van der Waals surface area contributed by atoms with Gasteiger partial charge in [0.2, 0.25) is 6.79 Å². The third-order valence-corrected chi connectivity index (χ3v) is 5.11. The molecule has 1 amide bonds. The monoisotopic (exact) mass is 373 g/mol. The van der Waals surface area contributed by atoms with Crippen LogP contribution in [0.25, 0.3) is 0 Å². The highest BCUT2D eigenvalue weighted by Gasteiger charge is 2.41. The van der Waals surface area contributed by atoms with Crippen molar-refractivity contribution in [2.24, 2.45) is 5.92 Å². The Morgan fingerprint density at radius 2 is 1.88 bits per heavy atom. The molecule has 0 radical (unpaired) electrons. The molecule has 2 aliphatic rings. The predicted molar refractivity (Wildman–Crippen MR) is 93.8 cm³/mol. The summed E-state index contributed by atoms with van der Waals surface area (Å²) in [5, 5.41) is 9.89. The van der Waals surface area contributed by atoms with E-state index in [4.69, 9.17) is 21.1 Å². The van der Waals surface area contributed by atoms with E-state index in [1.54, 1.807) is 11.0 Å². The molecule has 1 saturated heterocycles. The molecule has 134 valence electrons. The molecule has 7 heteroatoms. The van der Waals surface area contributed by atoms with Crippen molar-refractivity contribution in [3.63, 3.8) is 0 Å². The van der Waals surface area contributed by atoms with Gasteiger partial charge in [0.1, 0.15) is 0 Å². The first-order valence-corrected chi connectivity index (χ1v) is 8.58. The summed E-state index contributed by atoms with van der Waals surface area (Å²) in [5.74, 6) is -1.22. The number of carbonyl (C=O) groups is 2. The molecule has 6 nitrogen and oxygen atoms in total. The molecule has 0 aliphatic carbocycles. The number of aliphatic carboxylic acids is 1. The van der Waals surface area contributed by atoms with Crippen molar-refractivity contribution >= 4 is 23.5 Å². The highest BCUT2D eigenvalue weighted by molar-refractivity contribution is 6.32. The molecule has 2 heterocycles. The Hall–Kier alpha value is -2.73. The van der Waals surface area contributed by atoms with Gasteiger partial charge in [-0.2, -0.15) is 0 Å². The largest absolute Gasteiger partial charge is 0.481 e. The number of hydrogen-bond acceptors (Lipinski definition) is 4. The van der Waals surface area contributed by atoms with Gasteiger partial charge >= 0.3 is 5.97 Å². The summed E-state index contributed by atoms with van der Waals surface area (Å²) in [4.78, 5) is 26.2. The summed E-state index contributed by atoms with van der Waals surface area (Å²) in [6.07, 6.45) is 0. The number of hydrogen-bond donors (Lipinski definition) is 1. The maximum absolute atomic E-state index is 12.9. The normalized spacial score (nSPS) is 21.0. The lowest BCUT2D eigenvalue weighted by atomic mass is 9.89. The molecule has 1 fully saturated rings. The van der Waals surface area contributed by atoms with Crippen LogP contribution in [0.2, 0.25) is 5.02 Å². The van der Waals surface area contributed by atoms with Crippen molar-refractivity contribution in [1.29, 1.82) is 0 Å². The molecule has 2 atom stereocenters. The van der Waals surface area contributed by atoms with Gasteiger partial charge < -0.3 is 19.5 Å². The zero-order valence-corrected chi connectivity index (χ0v) is 14.5. The van der Waals surface area contributed by atoms with Crippen molar-refractivity contribution in [3.05, 3.63) is 58.6 Å². The summed E-state index contributed by atoms with van der Waals surface area (Å²) in [7, 11) is 0. The SMILES string of the molecule is O=C(O)C1CN(C(=O)c2cc(Cl)c3c(c2)OCO3)CC1c1ccccc1. The highest BCUT2D eigenvalue weighted by Crippen LogP contribution is 2.41. The van der Waals surface area contributed by atoms with Crippen LogP contribution in [-0.2, 0) is 4.79 Å². The number of ether oxygens (including phenoxy) is 2. The number of carbonyl (C=O) groups excluding carboxylic acids is 1. The van der Waals surface area contributed by atoms with Crippen LogP contribution >= 0.6 is 11.6 Å². The van der Waals surface area contributed by atoms with E-state index in [0.29, 0.717) is 28.6 Å². The van der Waals surface area contributed by atoms with Crippen molar-refractivity contribution in [2.75, 3.05) is 19.9 Å². The molecule has 26 heavy (non-hydrogen) atoms. The van der Waals surface area contributed by atoms with Crippen LogP contribution in [0.5, 0.6) is 11.5 Å². The van der Waals surface area contributed by atoms with E-state index in [1.165, 1.54) is 6.07 Å². The molecule has 2 aromatic rings. The quantitative estimate of drug-likeness (QED) is 0.895. The van der Waals surface area contributed by atoms with Gasteiger partial charge in [-0.05, 0) is 17.7 Å². The molecular weight excluding hydrogens is 358 g/mol. The molecule has 2 aromatic carbocycles. The average molecular weight is 374 g/mol. The number of rotatable bonds is 3. The van der Waals surface area contributed by atoms with Crippen LogP contribution in [0.3, 0.4) is 0 Å². The fourth-order valence-corrected chi connectivity index (χ4v) is 3.80. The minimum absolute atomic E-state index is 0.0631. The van der Waals surface area contributed by atoms with Crippen LogP contribution in [0.1, 0.15) is 21.8 Å². The number of amides is 1. The maximum atomic E-state index is 12.9. The topological polar surface area (TPSA) is 76.1 Å². The van der Waals surface area contributed by atoms with Gasteiger partial charge in [-0.1, -0.05) is 41.9 Å². The van der Waals surface area contributed by atoms with E-state index in [2.05, 4.69) is 0 Å². The van der Waals surface area contributed by atoms with Crippen molar-refractivity contribution in [2.45, 2.75) is 5.92 Å². The molecule has 2 aliphatic heterocycles. The van der Waals surface area contributed by atoms with Crippen LogP contribution in [0, 0.1) is 5.92 Å². The second-order valence-corrected chi connectivity index (χ2v) is 6.77. The molecule has 0 aromatic heterocycles. The minimum Gasteiger partial charge on any atom is -0.481 e. The number of carboxylic acids is 1. The average Bonchev–Trinajstić information content (AvgIpc) is 3.29. The first kappa shape index (κ1) is 16.7. The Balaban J connectivity index is 1.61. The zero-order chi connectivity index (χ0) is 18.3. The third-order valence-electron chi connectivity index (χ3n) is 4.83. The molecule has 2 unspecified atom stereocenters. The van der Waals surface area contributed by atoms with E-state index in [-0.39, 0.29) is 25.2 Å². The number of benzene rings is 2. The van der Waals surface area contributed by atoms with Crippen molar-refractivity contribution < 1.29 is 24.2 Å². The van der Waals surface area contributed by atoms with E-state index in [1.807, 2.05) is 30.3 Å². The third kappa shape index (κ3) is 2.86. The summed E-state index contributed by atoms with van der Waals surface area (Å²) in [5.41, 5.74) is 1.27. The summed E-state index contributed by atoms with van der Waals surface area (Å²) >= 11 is 6.16. The van der Waals surface area contributed by atoms with Gasteiger partial charge in [0.05, 0.1) is 10.9 Å². The van der Waals surface area contributed by atoms with Gasteiger partial charge in [0.15, 0.2) is 11.5 Å². The van der Waals surface area contributed by atoms with E-state index in [0.717, 1.165) is 5.56 Å². The lowest BCUT2D eigenvalue weighted by molar-refractivity contribution is -0.141. The fraction of sp³-hybridized carbons (Fsp3) is 0.263. The molecule has 0 bridgehead atoms. The van der Waals surface area contributed by atoms with Crippen LogP contribution in [0.15, 0.2) is 42.5 Å². The smallest absolute Gasteiger partial charge is 0.308 e. The number of nitrogens with zero attached hydrogens (tertiary/aromatic N) is 1. The molecule has 4 rings (SSSR count). The number of likely N-dealkylation sites (tertiary alicyclic amines) is 1. The summed E-state index contributed by atoms with van der Waals surface area (Å²) in [6, 6.07) is 12.5. The zero-order valence-electron chi connectivity index (χ0n) is 13.7. The predicted octanol–water partition coefficient (Wildman–Crippen LogP) is 3.01. The summed E-state index contributed by atoms with van der Waals surface area (Å²) < 4.78 is 10.6. The molecule has 0 spiro atoms. The summed E-state index contributed by atoms with van der Waals surface area (Å²) in [6.45, 7) is 0.555. The first-order valence-electron chi connectivity index (χ1n) is 8.21. The Kier molecular flexibility index (Phi) is 4.20. The van der Waals surface area contributed by atoms with Crippen LogP contribution in [-0.4, -0.2) is 41.8 Å². The fourth-order valence-electron chi connectivity index (χ4n) is 3.53. The van der Waals surface area contributed by atoms with Gasteiger partial charge in [0, 0.05) is 24.6 Å². The standard InChI is InChI=1S/C19H16ClNO5/c20-15-6-12(7-16-17(15)26-10-25-16)18(22)21-8-13(14(9-21)19(23)24)11-4-2-1-3-5-11/h1-7,13-14H,8-10H2,(H,23,24). The van der Waals surface area contributed by atoms with E-state index < -0.39 is 11.9 Å². The van der Waals surface area contributed by atoms with Gasteiger partial charge in [-0.3, -0.25) is 9.59 Å². The van der Waals surface area contributed by atoms with Crippen molar-refractivity contribution in [3.8, 4) is 11.5 Å². The Morgan fingerprint density at radius 3 is 2.62 bits per heavy atom. The van der Waals surface area contributed by atoms with Crippen LogP contribution < -0.4 is 9.47 Å². The lowest BCUT2D eigenvalue weighted by Gasteiger charge is -2.17. The number of fused-ring (bicyclic) bond motifs is 1. The molecule has 0 saturated carbocycles. The Labute approximate surface area is 154 Å². The first-order chi connectivity index (χ1) is 12.5. The van der Waals surface area contributed by atoms with Crippen molar-refractivity contribution in [1.82, 2.24) is 4.90 Å². The lowest BCUT2D eigenvalue weighted by Crippen LogP contribution is -2.29. The number of halogens is 1. The molecule has 1 N–H and O–H groups in total. The Morgan fingerprint density at radius 1 is 1.12 bits per heavy atom. The van der Waals surface area contributed by atoms with Gasteiger partial charge in [-0.15, -0.1) is 0 Å². The van der Waals surface area contributed by atoms with Crippen LogP contribution in [0.4, 0.5) is 0 Å². The van der Waals surface area contributed by atoms with E-state index >= 15 is 0 Å².